The summed E-state index contributed by atoms with van der Waals surface area (Å²) in [7, 11) is 2.00. The van der Waals surface area contributed by atoms with Gasteiger partial charge in [0.15, 0.2) is 11.9 Å². The second-order valence-corrected chi connectivity index (χ2v) is 10.5. The van der Waals surface area contributed by atoms with Gasteiger partial charge in [-0.3, -0.25) is 0 Å². The van der Waals surface area contributed by atoms with Gasteiger partial charge in [0.2, 0.25) is 0 Å². The van der Waals surface area contributed by atoms with Gasteiger partial charge in [0.05, 0.1) is 12.3 Å². The van der Waals surface area contributed by atoms with E-state index in [1.807, 2.05) is 87.2 Å². The van der Waals surface area contributed by atoms with Crippen molar-refractivity contribution in [2.24, 2.45) is 5.41 Å². The molecule has 1 atom stereocenters. The van der Waals surface area contributed by atoms with Crippen LogP contribution in [0.1, 0.15) is 52.7 Å². The molecule has 6 heteroatoms. The Morgan fingerprint density at radius 1 is 1.06 bits per heavy atom. The largest absolute Gasteiger partial charge is 0.479 e. The molecule has 1 heterocycles. The summed E-state index contributed by atoms with van der Waals surface area (Å²) in [6.45, 7) is 12.3. The number of carboxylic acids is 1. The maximum atomic E-state index is 11.7. The van der Waals surface area contributed by atoms with Crippen LogP contribution in [0.15, 0.2) is 60.8 Å². The number of anilines is 2. The van der Waals surface area contributed by atoms with Gasteiger partial charge < -0.3 is 14.7 Å². The molecule has 0 aliphatic rings. The van der Waals surface area contributed by atoms with E-state index >= 15 is 0 Å². The molecule has 2 aromatic carbocycles. The molecule has 176 valence electrons. The zero-order chi connectivity index (χ0) is 24.4. The number of ether oxygens (including phenoxy) is 1. The molecule has 0 saturated heterocycles. The summed E-state index contributed by atoms with van der Waals surface area (Å²) < 4.78 is 7.76. The fourth-order valence-corrected chi connectivity index (χ4v) is 3.81. The van der Waals surface area contributed by atoms with Gasteiger partial charge in [-0.05, 0) is 46.2 Å². The highest BCUT2D eigenvalue weighted by atomic mass is 16.5. The van der Waals surface area contributed by atoms with Crippen LogP contribution >= 0.6 is 0 Å². The minimum atomic E-state index is -0.940. The lowest BCUT2D eigenvalue weighted by Gasteiger charge is -2.29. The first-order chi connectivity index (χ1) is 15.4. The van der Waals surface area contributed by atoms with E-state index in [4.69, 9.17) is 9.84 Å². The van der Waals surface area contributed by atoms with Gasteiger partial charge in [-0.1, -0.05) is 65.8 Å². The first kappa shape index (κ1) is 24.5. The summed E-state index contributed by atoms with van der Waals surface area (Å²) in [5.74, 6) is -0.105. The highest BCUT2D eigenvalue weighted by molar-refractivity contribution is 5.73. The third-order valence-corrected chi connectivity index (χ3v) is 5.64. The Hall–Kier alpha value is -3.12. The second kappa shape index (κ2) is 9.40. The minimum absolute atomic E-state index is 0.139. The molecule has 0 spiro atoms. The van der Waals surface area contributed by atoms with E-state index in [-0.39, 0.29) is 12.0 Å². The monoisotopic (exact) mass is 449 g/mol. The SMILES string of the molecule is CN(c1ccc(COC(C(=O)O)C(C)(C)C)c(C(C)(C)C)c1)c1ccn(-c2ccccc2)n1. The zero-order valence-electron chi connectivity index (χ0n) is 20.7. The van der Waals surface area contributed by atoms with Gasteiger partial charge in [-0.2, -0.15) is 0 Å². The molecule has 33 heavy (non-hydrogen) atoms. The molecule has 6 nitrogen and oxygen atoms in total. The van der Waals surface area contributed by atoms with E-state index in [1.54, 1.807) is 0 Å². The molecule has 3 rings (SSSR count). The molecular formula is C27H35N3O3. The number of carboxylic acid groups (broad SMARTS) is 1. The van der Waals surface area contributed by atoms with Crippen molar-refractivity contribution < 1.29 is 14.6 Å². The van der Waals surface area contributed by atoms with Crippen molar-refractivity contribution in [3.63, 3.8) is 0 Å². The first-order valence-corrected chi connectivity index (χ1v) is 11.2. The molecule has 0 aliphatic carbocycles. The van der Waals surface area contributed by atoms with Gasteiger partial charge in [0.1, 0.15) is 0 Å². The van der Waals surface area contributed by atoms with Crippen LogP contribution in [0.25, 0.3) is 5.69 Å². The van der Waals surface area contributed by atoms with E-state index in [0.29, 0.717) is 0 Å². The number of aliphatic carboxylic acids is 1. The van der Waals surface area contributed by atoms with Crippen LogP contribution in [-0.4, -0.2) is 34.0 Å². The molecule has 0 amide bonds. The van der Waals surface area contributed by atoms with Crippen LogP contribution in [0.2, 0.25) is 0 Å². The Morgan fingerprint density at radius 2 is 1.73 bits per heavy atom. The molecule has 0 fully saturated rings. The highest BCUT2D eigenvalue weighted by Gasteiger charge is 2.32. The summed E-state index contributed by atoms with van der Waals surface area (Å²) in [5, 5.41) is 14.3. The summed E-state index contributed by atoms with van der Waals surface area (Å²) in [6, 6.07) is 18.2. The lowest BCUT2D eigenvalue weighted by molar-refractivity contribution is -0.159. The van der Waals surface area contributed by atoms with Crippen LogP contribution in [-0.2, 0) is 21.6 Å². The van der Waals surface area contributed by atoms with Gasteiger partial charge in [-0.25, -0.2) is 9.48 Å². The third-order valence-electron chi connectivity index (χ3n) is 5.64. The Balaban J connectivity index is 1.88. The van der Waals surface area contributed by atoms with Crippen molar-refractivity contribution >= 4 is 17.5 Å². The number of nitrogens with zero attached hydrogens (tertiary/aromatic N) is 3. The van der Waals surface area contributed by atoms with Crippen molar-refractivity contribution in [1.29, 1.82) is 0 Å². The topological polar surface area (TPSA) is 67.6 Å². The molecular weight excluding hydrogens is 414 g/mol. The number of benzene rings is 2. The quantitative estimate of drug-likeness (QED) is 0.482. The molecule has 3 aromatic rings. The average Bonchev–Trinajstić information content (AvgIpc) is 3.22. The zero-order valence-corrected chi connectivity index (χ0v) is 20.7. The van der Waals surface area contributed by atoms with Crippen LogP contribution in [0, 0.1) is 5.41 Å². The van der Waals surface area contributed by atoms with Crippen LogP contribution in [0.3, 0.4) is 0 Å². The van der Waals surface area contributed by atoms with Crippen molar-refractivity contribution in [2.75, 3.05) is 11.9 Å². The highest BCUT2D eigenvalue weighted by Crippen LogP contribution is 2.33. The van der Waals surface area contributed by atoms with Gasteiger partial charge in [0, 0.05) is 25.0 Å². The standard InChI is InChI=1S/C27H35N3O3/c1-26(2,3)22-17-21(14-13-19(22)18-33-24(25(31)32)27(4,5)6)29(7)23-15-16-30(28-23)20-11-9-8-10-12-20/h8-17,24H,18H2,1-7H3,(H,31,32). The van der Waals surface area contributed by atoms with E-state index in [2.05, 4.69) is 31.7 Å². The second-order valence-electron chi connectivity index (χ2n) is 10.5. The van der Waals surface area contributed by atoms with Crippen molar-refractivity contribution in [3.05, 3.63) is 71.9 Å². The lowest BCUT2D eigenvalue weighted by atomic mass is 9.83. The van der Waals surface area contributed by atoms with Crippen molar-refractivity contribution in [1.82, 2.24) is 9.78 Å². The number of carbonyl (C=O) groups is 1. The number of hydrogen-bond acceptors (Lipinski definition) is 4. The maximum absolute atomic E-state index is 11.7. The summed E-state index contributed by atoms with van der Waals surface area (Å²) in [6.07, 6.45) is 1.07. The molecule has 1 aromatic heterocycles. The van der Waals surface area contributed by atoms with Gasteiger partial charge in [-0.15, -0.1) is 5.10 Å². The number of para-hydroxylation sites is 1. The predicted octanol–water partition coefficient (Wildman–Crippen LogP) is 5.95. The third kappa shape index (κ3) is 5.82. The Kier molecular flexibility index (Phi) is 6.98. The molecule has 1 unspecified atom stereocenters. The van der Waals surface area contributed by atoms with Crippen molar-refractivity contribution in [3.8, 4) is 5.69 Å². The Morgan fingerprint density at radius 3 is 2.30 bits per heavy atom. The Bertz CT molecular complexity index is 1090. The molecule has 0 saturated carbocycles. The summed E-state index contributed by atoms with van der Waals surface area (Å²) in [5.41, 5.74) is 3.49. The van der Waals surface area contributed by atoms with Crippen molar-refractivity contribution in [2.45, 2.75) is 59.7 Å². The normalized spacial score (nSPS) is 13.1. The lowest BCUT2D eigenvalue weighted by Crippen LogP contribution is -2.37. The van der Waals surface area contributed by atoms with E-state index in [0.717, 1.165) is 28.3 Å². The fraction of sp³-hybridized carbons (Fsp3) is 0.407. The first-order valence-electron chi connectivity index (χ1n) is 11.2. The van der Waals surface area contributed by atoms with Crippen LogP contribution in [0.5, 0.6) is 0 Å². The predicted molar refractivity (Wildman–Crippen MR) is 132 cm³/mol. The minimum Gasteiger partial charge on any atom is -0.479 e. The van der Waals surface area contributed by atoms with E-state index in [9.17, 15) is 9.90 Å². The smallest absolute Gasteiger partial charge is 0.333 e. The number of hydrogen-bond donors (Lipinski definition) is 1. The van der Waals surface area contributed by atoms with Gasteiger partial charge >= 0.3 is 5.97 Å². The van der Waals surface area contributed by atoms with Crippen LogP contribution < -0.4 is 4.90 Å². The van der Waals surface area contributed by atoms with E-state index < -0.39 is 17.5 Å². The average molecular weight is 450 g/mol. The number of aromatic nitrogens is 2. The maximum Gasteiger partial charge on any atom is 0.333 e. The van der Waals surface area contributed by atoms with E-state index in [1.165, 1.54) is 0 Å². The summed E-state index contributed by atoms with van der Waals surface area (Å²) in [4.78, 5) is 13.8. The molecule has 0 aliphatic heterocycles. The molecule has 0 radical (unpaired) electrons. The summed E-state index contributed by atoms with van der Waals surface area (Å²) >= 11 is 0. The fourth-order valence-electron chi connectivity index (χ4n) is 3.81. The van der Waals surface area contributed by atoms with Crippen LogP contribution in [0.4, 0.5) is 11.5 Å². The Labute approximate surface area is 196 Å². The van der Waals surface area contributed by atoms with Gasteiger partial charge in [0.25, 0.3) is 0 Å². The molecule has 0 bridgehead atoms. The molecule has 1 N–H and O–H groups in total. The number of rotatable bonds is 7.